The summed E-state index contributed by atoms with van der Waals surface area (Å²) in [6.07, 6.45) is 0.0507. The summed E-state index contributed by atoms with van der Waals surface area (Å²) in [6.45, 7) is 6.37. The van der Waals surface area contributed by atoms with Gasteiger partial charge in [-0.3, -0.25) is 0 Å². The summed E-state index contributed by atoms with van der Waals surface area (Å²) in [7, 11) is 0. The van der Waals surface area contributed by atoms with Crippen LogP contribution in [0.2, 0.25) is 10.0 Å². The second-order valence-corrected chi connectivity index (χ2v) is 7.66. The molecule has 1 aromatic carbocycles. The molecule has 0 aromatic heterocycles. The van der Waals surface area contributed by atoms with Crippen LogP contribution in [0.5, 0.6) is 0 Å². The average Bonchev–Trinajstić information content (AvgIpc) is 2.72. The van der Waals surface area contributed by atoms with Gasteiger partial charge in [-0.15, -0.1) is 0 Å². The first-order valence-corrected chi connectivity index (χ1v) is 8.61. The molecule has 1 saturated heterocycles. The highest BCUT2D eigenvalue weighted by Gasteiger charge is 2.37. The predicted octanol–water partition coefficient (Wildman–Crippen LogP) is 3.84. The average molecular weight is 376 g/mol. The number of halogens is 2. The molecule has 1 amide bonds. The highest BCUT2D eigenvalue weighted by atomic mass is 35.5. The summed E-state index contributed by atoms with van der Waals surface area (Å²) in [5.74, 6) is 0. The Morgan fingerprint density at radius 1 is 1.33 bits per heavy atom. The third-order valence-electron chi connectivity index (χ3n) is 3.88. The fourth-order valence-corrected chi connectivity index (χ4v) is 2.88. The molecule has 1 aliphatic rings. The van der Waals surface area contributed by atoms with Gasteiger partial charge in [0.15, 0.2) is 0 Å². The second-order valence-electron chi connectivity index (χ2n) is 6.85. The first kappa shape index (κ1) is 19.3. The molecule has 2 rings (SSSR count). The van der Waals surface area contributed by atoms with E-state index in [1.165, 1.54) is 0 Å². The Balaban J connectivity index is 2.17. The fourth-order valence-electron chi connectivity index (χ4n) is 2.58. The quantitative estimate of drug-likeness (QED) is 0.852. The van der Waals surface area contributed by atoms with Crippen LogP contribution >= 0.6 is 23.2 Å². The highest BCUT2D eigenvalue weighted by molar-refractivity contribution is 6.42. The summed E-state index contributed by atoms with van der Waals surface area (Å²) in [4.78, 5) is 13.8. The molecule has 0 spiro atoms. The topological polar surface area (TPSA) is 59.0 Å². The summed E-state index contributed by atoms with van der Waals surface area (Å²) in [5.41, 5.74) is -0.724. The van der Waals surface area contributed by atoms with Gasteiger partial charge in [-0.1, -0.05) is 29.3 Å². The SMILES string of the molecule is CC(C)(C)OC(=O)N1CCO[C@@](CO)(c2ccc(Cl)c(Cl)c2)CC1. The van der Waals surface area contributed by atoms with Crippen LogP contribution in [-0.4, -0.2) is 48.0 Å². The molecule has 0 saturated carbocycles. The molecular formula is C17H23Cl2NO4. The van der Waals surface area contributed by atoms with E-state index in [-0.39, 0.29) is 12.7 Å². The van der Waals surface area contributed by atoms with E-state index in [1.807, 2.05) is 20.8 Å². The Labute approximate surface area is 152 Å². The first-order chi connectivity index (χ1) is 11.2. The Morgan fingerprint density at radius 3 is 2.62 bits per heavy atom. The molecule has 1 N–H and O–H groups in total. The number of benzene rings is 1. The van der Waals surface area contributed by atoms with Gasteiger partial charge in [0.25, 0.3) is 0 Å². The third-order valence-corrected chi connectivity index (χ3v) is 4.62. The Kier molecular flexibility index (Phi) is 6.02. The number of hydrogen-bond donors (Lipinski definition) is 1. The maximum absolute atomic E-state index is 12.2. The van der Waals surface area contributed by atoms with Crippen molar-refractivity contribution in [3.8, 4) is 0 Å². The van der Waals surface area contributed by atoms with Crippen LogP contribution < -0.4 is 0 Å². The Morgan fingerprint density at radius 2 is 2.04 bits per heavy atom. The van der Waals surface area contributed by atoms with Crippen molar-refractivity contribution >= 4 is 29.3 Å². The lowest BCUT2D eigenvalue weighted by Crippen LogP contribution is -2.39. The van der Waals surface area contributed by atoms with E-state index in [0.717, 1.165) is 5.56 Å². The van der Waals surface area contributed by atoms with Crippen LogP contribution in [0.25, 0.3) is 0 Å². The van der Waals surface area contributed by atoms with Gasteiger partial charge in [0, 0.05) is 19.5 Å². The van der Waals surface area contributed by atoms with Crippen molar-refractivity contribution in [1.82, 2.24) is 4.90 Å². The van der Waals surface area contributed by atoms with Gasteiger partial charge in [-0.2, -0.15) is 0 Å². The van der Waals surface area contributed by atoms with Gasteiger partial charge in [-0.05, 0) is 38.5 Å². The molecule has 1 aromatic rings. The van der Waals surface area contributed by atoms with Crippen LogP contribution in [0.4, 0.5) is 4.79 Å². The number of aliphatic hydroxyl groups excluding tert-OH is 1. The smallest absolute Gasteiger partial charge is 0.410 e. The molecule has 5 nitrogen and oxygen atoms in total. The minimum Gasteiger partial charge on any atom is -0.444 e. The molecule has 0 unspecified atom stereocenters. The monoisotopic (exact) mass is 375 g/mol. The first-order valence-electron chi connectivity index (χ1n) is 7.85. The summed E-state index contributed by atoms with van der Waals surface area (Å²) >= 11 is 12.1. The number of carbonyl (C=O) groups is 1. The molecule has 1 aliphatic heterocycles. The predicted molar refractivity (Wildman–Crippen MR) is 93.6 cm³/mol. The lowest BCUT2D eigenvalue weighted by Gasteiger charge is -2.31. The van der Waals surface area contributed by atoms with Crippen LogP contribution in [0.3, 0.4) is 0 Å². The maximum atomic E-state index is 12.2. The van der Waals surface area contributed by atoms with E-state index in [4.69, 9.17) is 32.7 Å². The number of ether oxygens (including phenoxy) is 2. The van der Waals surface area contributed by atoms with E-state index in [9.17, 15) is 9.90 Å². The van der Waals surface area contributed by atoms with Crippen molar-refractivity contribution in [2.45, 2.75) is 38.4 Å². The molecule has 7 heteroatoms. The molecule has 24 heavy (non-hydrogen) atoms. The molecule has 0 bridgehead atoms. The molecule has 0 radical (unpaired) electrons. The Hall–Kier alpha value is -1.01. The fraction of sp³-hybridized carbons (Fsp3) is 0.588. The standard InChI is InChI=1S/C17H23Cl2NO4/c1-16(2,3)24-15(22)20-7-6-17(11-21,23-9-8-20)12-4-5-13(18)14(19)10-12/h4-5,10,21H,6-9,11H2,1-3H3/t17-/m0/s1. The number of hydrogen-bond acceptors (Lipinski definition) is 4. The minimum absolute atomic E-state index is 0.215. The lowest BCUT2D eigenvalue weighted by molar-refractivity contribution is -0.0792. The van der Waals surface area contributed by atoms with Crippen LogP contribution in [0, 0.1) is 0 Å². The van der Waals surface area contributed by atoms with Gasteiger partial charge < -0.3 is 19.5 Å². The maximum Gasteiger partial charge on any atom is 0.410 e. The molecule has 1 atom stereocenters. The van der Waals surface area contributed by atoms with Crippen molar-refractivity contribution in [3.63, 3.8) is 0 Å². The van der Waals surface area contributed by atoms with E-state index in [1.54, 1.807) is 23.1 Å². The molecule has 134 valence electrons. The molecular weight excluding hydrogens is 353 g/mol. The molecule has 1 fully saturated rings. The zero-order chi connectivity index (χ0) is 18.0. The number of nitrogens with zero attached hydrogens (tertiary/aromatic N) is 1. The molecule has 1 heterocycles. The zero-order valence-electron chi connectivity index (χ0n) is 14.1. The van der Waals surface area contributed by atoms with Crippen molar-refractivity contribution < 1.29 is 19.4 Å². The minimum atomic E-state index is -0.912. The zero-order valence-corrected chi connectivity index (χ0v) is 15.7. The summed E-state index contributed by atoms with van der Waals surface area (Å²) in [5, 5.41) is 10.8. The van der Waals surface area contributed by atoms with Gasteiger partial charge >= 0.3 is 6.09 Å². The van der Waals surface area contributed by atoms with E-state index < -0.39 is 11.2 Å². The van der Waals surface area contributed by atoms with Crippen molar-refractivity contribution in [3.05, 3.63) is 33.8 Å². The molecule has 0 aliphatic carbocycles. The second kappa shape index (κ2) is 7.48. The van der Waals surface area contributed by atoms with Gasteiger partial charge in [0.05, 0.1) is 23.3 Å². The Bertz CT molecular complexity index is 603. The largest absolute Gasteiger partial charge is 0.444 e. The number of aliphatic hydroxyl groups is 1. The number of rotatable bonds is 2. The van der Waals surface area contributed by atoms with Crippen LogP contribution in [-0.2, 0) is 15.1 Å². The lowest BCUT2D eigenvalue weighted by atomic mass is 9.91. The van der Waals surface area contributed by atoms with E-state index in [0.29, 0.717) is 36.2 Å². The van der Waals surface area contributed by atoms with Crippen molar-refractivity contribution in [1.29, 1.82) is 0 Å². The van der Waals surface area contributed by atoms with Crippen LogP contribution in [0.15, 0.2) is 18.2 Å². The van der Waals surface area contributed by atoms with Crippen molar-refractivity contribution in [2.75, 3.05) is 26.3 Å². The van der Waals surface area contributed by atoms with E-state index >= 15 is 0 Å². The third kappa shape index (κ3) is 4.54. The number of amides is 1. The van der Waals surface area contributed by atoms with Crippen LogP contribution in [0.1, 0.15) is 32.8 Å². The highest BCUT2D eigenvalue weighted by Crippen LogP contribution is 2.35. The van der Waals surface area contributed by atoms with Gasteiger partial charge in [0.1, 0.15) is 11.2 Å². The number of carbonyl (C=O) groups excluding carboxylic acids is 1. The van der Waals surface area contributed by atoms with Gasteiger partial charge in [-0.25, -0.2) is 4.79 Å². The van der Waals surface area contributed by atoms with E-state index in [2.05, 4.69) is 0 Å². The summed E-state index contributed by atoms with van der Waals surface area (Å²) < 4.78 is 11.3. The normalized spacial score (nSPS) is 22.2. The van der Waals surface area contributed by atoms with Crippen molar-refractivity contribution in [2.24, 2.45) is 0 Å². The summed E-state index contributed by atoms with van der Waals surface area (Å²) in [6, 6.07) is 5.16. The van der Waals surface area contributed by atoms with Gasteiger partial charge in [0.2, 0.25) is 0 Å².